The number of hydrogen-bond acceptors (Lipinski definition) is 3. The second kappa shape index (κ2) is 4.28. The normalized spacial score (nSPS) is 10.1. The molecule has 7 heteroatoms. The van der Waals surface area contributed by atoms with E-state index >= 15 is 0 Å². The van der Waals surface area contributed by atoms with Gasteiger partial charge in [0.05, 0.1) is 11.1 Å². The fraction of sp³-hybridized carbons (Fsp3) is 0.125. The van der Waals surface area contributed by atoms with Crippen LogP contribution in [0.25, 0.3) is 0 Å². The molecule has 15 heavy (non-hydrogen) atoms. The van der Waals surface area contributed by atoms with Crippen molar-refractivity contribution in [2.45, 2.75) is 6.43 Å². The number of rotatable bonds is 2. The Morgan fingerprint density at radius 1 is 1.60 bits per heavy atom. The minimum absolute atomic E-state index is 0.529. The smallest absolute Gasteiger partial charge is 0.268 e. The van der Waals surface area contributed by atoms with Crippen molar-refractivity contribution in [3.8, 4) is 6.07 Å². The van der Waals surface area contributed by atoms with Gasteiger partial charge in [-0.15, -0.1) is 0 Å². The fourth-order valence-corrected chi connectivity index (χ4v) is 1.04. The maximum atomic E-state index is 12.8. The molecule has 0 radical (unpaired) electrons. The summed E-state index contributed by atoms with van der Waals surface area (Å²) in [4.78, 5) is 13.6. The number of carbonyl (C=O) groups excluding carboxylic acids is 1. The van der Waals surface area contributed by atoms with Crippen molar-refractivity contribution >= 4 is 16.8 Å². The Morgan fingerprint density at radius 3 is 2.60 bits per heavy atom. The summed E-state index contributed by atoms with van der Waals surface area (Å²) in [5, 5.41) is 7.31. The second-order valence-electron chi connectivity index (χ2n) is 2.45. The molecule has 0 atom stereocenters. The van der Waals surface area contributed by atoms with Crippen molar-refractivity contribution in [1.29, 1.82) is 5.26 Å². The van der Waals surface area contributed by atoms with Crippen LogP contribution in [-0.2, 0) is 0 Å². The highest BCUT2D eigenvalue weighted by atomic mass is 35.5. The van der Waals surface area contributed by atoms with Gasteiger partial charge >= 0.3 is 0 Å². The summed E-state index contributed by atoms with van der Waals surface area (Å²) in [6, 6.07) is 1.91. The first-order valence-electron chi connectivity index (χ1n) is 3.56. The van der Waals surface area contributed by atoms with Crippen molar-refractivity contribution in [2.75, 3.05) is 0 Å². The van der Waals surface area contributed by atoms with Crippen LogP contribution >= 0.6 is 11.6 Å². The van der Waals surface area contributed by atoms with Gasteiger partial charge in [-0.05, 0) is 17.7 Å². The zero-order valence-corrected chi connectivity index (χ0v) is 7.73. The maximum absolute atomic E-state index is 12.8. The molecule has 0 fully saturated rings. The lowest BCUT2D eigenvalue weighted by Crippen LogP contribution is -2.04. The van der Waals surface area contributed by atoms with Gasteiger partial charge in [-0.2, -0.15) is 9.65 Å². The molecule has 1 rings (SSSR count). The highest BCUT2D eigenvalue weighted by Gasteiger charge is 2.20. The Morgan fingerprint density at radius 2 is 2.20 bits per heavy atom. The molecule has 0 aliphatic heterocycles. The number of nitriles is 1. The van der Waals surface area contributed by atoms with Crippen LogP contribution in [0.15, 0.2) is 6.07 Å². The number of hydrogen-bond donors (Lipinski definition) is 0. The Labute approximate surface area is 87.1 Å². The minimum Gasteiger partial charge on any atom is -0.275 e. The molecule has 0 amide bonds. The van der Waals surface area contributed by atoms with Gasteiger partial charge in [-0.25, -0.2) is 13.8 Å². The number of carbonyl (C=O) groups is 1. The van der Waals surface area contributed by atoms with E-state index in [1.807, 2.05) is 0 Å². The van der Waals surface area contributed by atoms with Crippen LogP contribution in [0.3, 0.4) is 0 Å². The number of halogens is 4. The second-order valence-corrected chi connectivity index (χ2v) is 2.79. The van der Waals surface area contributed by atoms with Gasteiger partial charge < -0.3 is 0 Å². The van der Waals surface area contributed by atoms with Crippen LogP contribution in [0.2, 0.25) is 0 Å². The van der Waals surface area contributed by atoms with E-state index in [-0.39, 0.29) is 0 Å². The lowest BCUT2D eigenvalue weighted by Gasteiger charge is -2.03. The molecule has 1 aromatic heterocycles. The van der Waals surface area contributed by atoms with Crippen molar-refractivity contribution in [2.24, 2.45) is 0 Å². The van der Waals surface area contributed by atoms with Crippen LogP contribution in [0.1, 0.15) is 28.0 Å². The summed E-state index contributed by atoms with van der Waals surface area (Å²) in [5.41, 5.74) is -2.20. The van der Waals surface area contributed by atoms with E-state index in [1.165, 1.54) is 6.07 Å². The molecule has 0 saturated heterocycles. The van der Waals surface area contributed by atoms with E-state index in [0.29, 0.717) is 6.07 Å². The lowest BCUT2D eigenvalue weighted by molar-refractivity contribution is 0.107. The fourth-order valence-electron chi connectivity index (χ4n) is 0.894. The predicted molar refractivity (Wildman–Crippen MR) is 44.1 cm³/mol. The van der Waals surface area contributed by atoms with Gasteiger partial charge in [-0.3, -0.25) is 4.79 Å². The average Bonchev–Trinajstić information content (AvgIpc) is 2.16. The molecular formula is C8H2ClF3N2O. The largest absolute Gasteiger partial charge is 0.275 e. The monoisotopic (exact) mass is 234 g/mol. The minimum atomic E-state index is -3.12. The standard InChI is InChI=1S/C8H2ClF3N2O/c9-6(15)3-1-4(7(10)11)8(12)14-5(3)2-13/h1,7H. The third kappa shape index (κ3) is 2.25. The van der Waals surface area contributed by atoms with Crippen molar-refractivity contribution in [3.05, 3.63) is 28.8 Å². The lowest BCUT2D eigenvalue weighted by atomic mass is 10.1. The molecule has 0 saturated carbocycles. The third-order valence-electron chi connectivity index (χ3n) is 1.56. The van der Waals surface area contributed by atoms with Crippen molar-refractivity contribution in [3.63, 3.8) is 0 Å². The van der Waals surface area contributed by atoms with E-state index in [0.717, 1.165) is 0 Å². The Kier molecular flexibility index (Phi) is 3.27. The van der Waals surface area contributed by atoms with Gasteiger partial charge in [0.15, 0.2) is 5.69 Å². The van der Waals surface area contributed by atoms with Gasteiger partial charge in [0, 0.05) is 0 Å². The summed E-state index contributed by atoms with van der Waals surface area (Å²) < 4.78 is 37.2. The van der Waals surface area contributed by atoms with E-state index in [2.05, 4.69) is 4.98 Å². The number of pyridine rings is 1. The quantitative estimate of drug-likeness (QED) is 0.583. The van der Waals surface area contributed by atoms with Crippen LogP contribution in [0.5, 0.6) is 0 Å². The first kappa shape index (κ1) is 11.5. The van der Waals surface area contributed by atoms with Crippen LogP contribution in [0.4, 0.5) is 13.2 Å². The molecule has 0 aliphatic carbocycles. The number of aromatic nitrogens is 1. The summed E-state index contributed by atoms with van der Waals surface area (Å²) in [5.74, 6) is -1.48. The molecule has 0 bridgehead atoms. The van der Waals surface area contributed by atoms with Gasteiger partial charge in [0.1, 0.15) is 6.07 Å². The van der Waals surface area contributed by atoms with E-state index in [1.54, 1.807) is 0 Å². The van der Waals surface area contributed by atoms with E-state index in [9.17, 15) is 18.0 Å². The van der Waals surface area contributed by atoms with Crippen LogP contribution < -0.4 is 0 Å². The van der Waals surface area contributed by atoms with E-state index < -0.39 is 34.4 Å². The summed E-state index contributed by atoms with van der Waals surface area (Å²) in [6.07, 6.45) is -3.12. The molecule has 0 N–H and O–H groups in total. The number of nitrogens with zero attached hydrogens (tertiary/aromatic N) is 2. The molecule has 3 nitrogen and oxygen atoms in total. The highest BCUT2D eigenvalue weighted by Crippen LogP contribution is 2.23. The first-order chi connectivity index (χ1) is 6.97. The third-order valence-corrected chi connectivity index (χ3v) is 1.76. The summed E-state index contributed by atoms with van der Waals surface area (Å²) in [7, 11) is 0. The van der Waals surface area contributed by atoms with Crippen molar-refractivity contribution < 1.29 is 18.0 Å². The van der Waals surface area contributed by atoms with Crippen LogP contribution in [0, 0.1) is 17.3 Å². The Bertz CT molecular complexity index is 456. The maximum Gasteiger partial charge on any atom is 0.268 e. The van der Waals surface area contributed by atoms with Gasteiger partial charge in [0.2, 0.25) is 5.95 Å². The number of alkyl halides is 2. The van der Waals surface area contributed by atoms with Crippen LogP contribution in [-0.4, -0.2) is 10.2 Å². The SMILES string of the molecule is N#Cc1nc(F)c(C(F)F)cc1C(=O)Cl. The zero-order valence-electron chi connectivity index (χ0n) is 6.97. The molecule has 78 valence electrons. The predicted octanol–water partition coefficient (Wildman–Crippen LogP) is 2.41. The Hall–Kier alpha value is -1.61. The van der Waals surface area contributed by atoms with E-state index in [4.69, 9.17) is 16.9 Å². The Balaban J connectivity index is 3.45. The molecule has 0 aliphatic rings. The molecule has 1 aromatic rings. The molecule has 0 aromatic carbocycles. The zero-order chi connectivity index (χ0) is 11.6. The molecule has 0 spiro atoms. The average molecular weight is 235 g/mol. The topological polar surface area (TPSA) is 53.8 Å². The molecular weight excluding hydrogens is 233 g/mol. The van der Waals surface area contributed by atoms with Crippen molar-refractivity contribution in [1.82, 2.24) is 4.98 Å². The highest BCUT2D eigenvalue weighted by molar-refractivity contribution is 6.68. The van der Waals surface area contributed by atoms with Gasteiger partial charge in [-0.1, -0.05) is 0 Å². The summed E-state index contributed by atoms with van der Waals surface area (Å²) in [6.45, 7) is 0. The van der Waals surface area contributed by atoms with Gasteiger partial charge in [0.25, 0.3) is 11.7 Å². The molecule has 1 heterocycles. The summed E-state index contributed by atoms with van der Waals surface area (Å²) >= 11 is 5.02. The first-order valence-corrected chi connectivity index (χ1v) is 3.93. The molecule has 0 unspecified atom stereocenters.